The van der Waals surface area contributed by atoms with E-state index in [0.717, 1.165) is 23.1 Å². The van der Waals surface area contributed by atoms with Gasteiger partial charge in [-0.3, -0.25) is 0 Å². The molecular formula is C23H28FNO5. The Balaban J connectivity index is 1.71. The summed E-state index contributed by atoms with van der Waals surface area (Å²) in [6.45, 7) is -0.350. The molecule has 1 saturated heterocycles. The third kappa shape index (κ3) is 5.23. The minimum Gasteiger partial charge on any atom is -0.394 e. The monoisotopic (exact) mass is 417 g/mol. The Morgan fingerprint density at radius 3 is 2.43 bits per heavy atom. The highest BCUT2D eigenvalue weighted by Gasteiger charge is 2.36. The van der Waals surface area contributed by atoms with E-state index in [2.05, 4.69) is 0 Å². The van der Waals surface area contributed by atoms with Crippen LogP contribution >= 0.6 is 0 Å². The average Bonchev–Trinajstić information content (AvgIpc) is 2.75. The lowest BCUT2D eigenvalue weighted by Gasteiger charge is -2.36. The van der Waals surface area contributed by atoms with Gasteiger partial charge in [-0.1, -0.05) is 24.3 Å². The van der Waals surface area contributed by atoms with Gasteiger partial charge >= 0.3 is 0 Å². The second kappa shape index (κ2) is 10.1. The number of hydrogen-bond acceptors (Lipinski definition) is 6. The SMILES string of the molecule is CN(c1ccc(F)cc1)C(CC=O)c1ccc(CC2CC(O)[C@H](O)C(CO)O2)cc1. The van der Waals surface area contributed by atoms with Crippen molar-refractivity contribution >= 4 is 12.0 Å². The third-order valence-electron chi connectivity index (χ3n) is 5.68. The number of anilines is 1. The quantitative estimate of drug-likeness (QED) is 0.570. The van der Waals surface area contributed by atoms with Crippen molar-refractivity contribution in [3.05, 3.63) is 65.5 Å². The van der Waals surface area contributed by atoms with Crippen molar-refractivity contribution in [3.63, 3.8) is 0 Å². The highest BCUT2D eigenvalue weighted by molar-refractivity contribution is 5.56. The summed E-state index contributed by atoms with van der Waals surface area (Å²) in [7, 11) is 1.87. The van der Waals surface area contributed by atoms with Gasteiger partial charge in [0.2, 0.25) is 0 Å². The van der Waals surface area contributed by atoms with Gasteiger partial charge in [-0.2, -0.15) is 0 Å². The molecule has 30 heavy (non-hydrogen) atoms. The van der Waals surface area contributed by atoms with Crippen LogP contribution in [0.2, 0.25) is 0 Å². The van der Waals surface area contributed by atoms with Crippen LogP contribution < -0.4 is 4.90 Å². The van der Waals surface area contributed by atoms with E-state index in [1.165, 1.54) is 12.1 Å². The number of aldehydes is 1. The third-order valence-corrected chi connectivity index (χ3v) is 5.68. The summed E-state index contributed by atoms with van der Waals surface area (Å²) < 4.78 is 18.9. The van der Waals surface area contributed by atoms with E-state index >= 15 is 0 Å². The average molecular weight is 417 g/mol. The van der Waals surface area contributed by atoms with Crippen LogP contribution in [0.1, 0.15) is 30.0 Å². The van der Waals surface area contributed by atoms with Crippen molar-refractivity contribution in [2.75, 3.05) is 18.6 Å². The minimum atomic E-state index is -1.08. The Kier molecular flexibility index (Phi) is 7.55. The topological polar surface area (TPSA) is 90.2 Å². The van der Waals surface area contributed by atoms with Gasteiger partial charge in [0.05, 0.1) is 24.9 Å². The van der Waals surface area contributed by atoms with E-state index < -0.39 is 18.3 Å². The standard InChI is InChI=1S/C23H28FNO5/c1-25(18-8-6-17(24)7-9-18)20(10-11-26)16-4-2-15(3-5-16)12-19-13-21(28)23(29)22(14-27)30-19/h2-9,11,19-23,27-29H,10,12-14H2,1H3/t19?,20?,21?,22?,23-/m0/s1. The zero-order chi connectivity index (χ0) is 21.7. The lowest BCUT2D eigenvalue weighted by atomic mass is 9.93. The molecule has 2 aromatic carbocycles. The lowest BCUT2D eigenvalue weighted by Crippen LogP contribution is -2.50. The summed E-state index contributed by atoms with van der Waals surface area (Å²) in [5.74, 6) is -0.311. The van der Waals surface area contributed by atoms with E-state index in [0.29, 0.717) is 19.3 Å². The molecule has 1 aliphatic heterocycles. The number of benzene rings is 2. The van der Waals surface area contributed by atoms with Gasteiger partial charge in [0.25, 0.3) is 0 Å². The number of halogens is 1. The molecule has 0 aromatic heterocycles. The number of aliphatic hydroxyl groups is 3. The van der Waals surface area contributed by atoms with Gasteiger partial charge in [-0.15, -0.1) is 0 Å². The van der Waals surface area contributed by atoms with Gasteiger partial charge in [0.15, 0.2) is 0 Å². The molecule has 7 heteroatoms. The second-order valence-electron chi connectivity index (χ2n) is 7.72. The molecule has 1 heterocycles. The second-order valence-corrected chi connectivity index (χ2v) is 7.72. The fourth-order valence-corrected chi connectivity index (χ4v) is 3.93. The molecule has 0 bridgehead atoms. The molecule has 0 spiro atoms. The fraction of sp³-hybridized carbons (Fsp3) is 0.435. The van der Waals surface area contributed by atoms with E-state index in [-0.39, 0.29) is 24.6 Å². The maximum absolute atomic E-state index is 13.2. The Hall–Kier alpha value is -2.32. The highest BCUT2D eigenvalue weighted by atomic mass is 19.1. The Morgan fingerprint density at radius 2 is 1.83 bits per heavy atom. The van der Waals surface area contributed by atoms with Crippen molar-refractivity contribution in [1.29, 1.82) is 0 Å². The first kappa shape index (κ1) is 22.4. The first-order chi connectivity index (χ1) is 14.4. The molecule has 6 nitrogen and oxygen atoms in total. The van der Waals surface area contributed by atoms with Crippen molar-refractivity contribution in [2.24, 2.45) is 0 Å². The van der Waals surface area contributed by atoms with E-state index in [1.807, 2.05) is 36.2 Å². The molecule has 0 amide bonds. The zero-order valence-corrected chi connectivity index (χ0v) is 16.9. The van der Waals surface area contributed by atoms with Gasteiger partial charge in [-0.05, 0) is 41.8 Å². The lowest BCUT2D eigenvalue weighted by molar-refractivity contribution is -0.178. The number of carbonyl (C=O) groups excluding carboxylic acids is 1. The molecule has 0 saturated carbocycles. The number of carbonyl (C=O) groups is 1. The van der Waals surface area contributed by atoms with E-state index in [1.54, 1.807) is 12.1 Å². The van der Waals surface area contributed by atoms with Crippen molar-refractivity contribution in [3.8, 4) is 0 Å². The predicted octanol–water partition coefficient (Wildman–Crippen LogP) is 2.01. The maximum atomic E-state index is 13.2. The van der Waals surface area contributed by atoms with Crippen LogP contribution in [0.3, 0.4) is 0 Å². The summed E-state index contributed by atoms with van der Waals surface area (Å²) >= 11 is 0. The van der Waals surface area contributed by atoms with Gasteiger partial charge in [0.1, 0.15) is 24.3 Å². The number of ether oxygens (including phenoxy) is 1. The highest BCUT2D eigenvalue weighted by Crippen LogP contribution is 2.29. The summed E-state index contributed by atoms with van der Waals surface area (Å²) in [4.78, 5) is 13.2. The van der Waals surface area contributed by atoms with Crippen molar-refractivity contribution < 1.29 is 29.2 Å². The van der Waals surface area contributed by atoms with Gasteiger partial charge in [-0.25, -0.2) is 4.39 Å². The van der Waals surface area contributed by atoms with Crippen molar-refractivity contribution in [2.45, 2.75) is 49.7 Å². The van der Waals surface area contributed by atoms with Crippen LogP contribution in [0.5, 0.6) is 0 Å². The smallest absolute Gasteiger partial charge is 0.123 e. The van der Waals surface area contributed by atoms with Gasteiger partial charge in [0, 0.05) is 25.6 Å². The summed E-state index contributed by atoms with van der Waals surface area (Å²) in [5.41, 5.74) is 2.75. The molecule has 1 aliphatic rings. The Labute approximate surface area is 175 Å². The van der Waals surface area contributed by atoms with Crippen LogP contribution in [-0.2, 0) is 16.0 Å². The number of rotatable bonds is 8. The van der Waals surface area contributed by atoms with E-state index in [9.17, 15) is 24.5 Å². The summed E-state index contributed by atoms with van der Waals surface area (Å²) in [6, 6.07) is 13.7. The Bertz CT molecular complexity index is 813. The van der Waals surface area contributed by atoms with Crippen LogP contribution in [0.4, 0.5) is 10.1 Å². The maximum Gasteiger partial charge on any atom is 0.123 e. The minimum absolute atomic E-state index is 0.191. The van der Waals surface area contributed by atoms with Crippen LogP contribution in [0.25, 0.3) is 0 Å². The normalized spacial score (nSPS) is 25.0. The molecule has 0 radical (unpaired) electrons. The molecule has 162 valence electrons. The molecule has 4 unspecified atom stereocenters. The molecule has 3 rings (SSSR count). The first-order valence-electron chi connectivity index (χ1n) is 10.1. The number of aliphatic hydroxyl groups excluding tert-OH is 3. The largest absolute Gasteiger partial charge is 0.394 e. The first-order valence-corrected chi connectivity index (χ1v) is 10.1. The van der Waals surface area contributed by atoms with E-state index in [4.69, 9.17) is 4.74 Å². The zero-order valence-electron chi connectivity index (χ0n) is 16.9. The molecule has 0 aliphatic carbocycles. The molecular weight excluding hydrogens is 389 g/mol. The fourth-order valence-electron chi connectivity index (χ4n) is 3.93. The summed E-state index contributed by atoms with van der Waals surface area (Å²) in [5, 5.41) is 29.2. The van der Waals surface area contributed by atoms with Crippen LogP contribution in [0.15, 0.2) is 48.5 Å². The van der Waals surface area contributed by atoms with Crippen LogP contribution in [0, 0.1) is 5.82 Å². The molecule has 3 N–H and O–H groups in total. The molecule has 1 fully saturated rings. The van der Waals surface area contributed by atoms with Crippen molar-refractivity contribution in [1.82, 2.24) is 0 Å². The predicted molar refractivity (Wildman–Crippen MR) is 111 cm³/mol. The Morgan fingerprint density at radius 1 is 1.17 bits per heavy atom. The molecule has 5 atom stereocenters. The number of hydrogen-bond donors (Lipinski definition) is 3. The summed E-state index contributed by atoms with van der Waals surface area (Å²) in [6.07, 6.45) is -1.12. The number of nitrogens with zero attached hydrogens (tertiary/aromatic N) is 1. The molecule has 2 aromatic rings. The van der Waals surface area contributed by atoms with Gasteiger partial charge < -0.3 is 29.8 Å². The van der Waals surface area contributed by atoms with Crippen LogP contribution in [-0.4, -0.2) is 59.7 Å².